The van der Waals surface area contributed by atoms with Crippen LogP contribution in [0.1, 0.15) is 51.0 Å². The third-order valence-electron chi connectivity index (χ3n) is 10.1. The summed E-state index contributed by atoms with van der Waals surface area (Å²) in [4.78, 5) is 28.0. The third kappa shape index (κ3) is 4.98. The number of hydrogen-bond acceptors (Lipinski definition) is 8. The summed E-state index contributed by atoms with van der Waals surface area (Å²) in [6, 6.07) is 15.2. The fourth-order valence-electron chi connectivity index (χ4n) is 7.91. The monoisotopic (exact) mass is 598 g/mol. The Kier molecular flexibility index (Phi) is 6.94. The molecule has 230 valence electrons. The zero-order valence-electron chi connectivity index (χ0n) is 25.1. The van der Waals surface area contributed by atoms with Gasteiger partial charge in [-0.15, -0.1) is 0 Å². The van der Waals surface area contributed by atoms with Gasteiger partial charge in [-0.1, -0.05) is 24.3 Å². The van der Waals surface area contributed by atoms with E-state index in [0.717, 1.165) is 73.8 Å². The van der Waals surface area contributed by atoms with E-state index in [1.165, 1.54) is 12.8 Å². The van der Waals surface area contributed by atoms with E-state index in [0.29, 0.717) is 41.4 Å². The molecule has 10 heteroatoms. The normalized spacial score (nSPS) is 26.2. The van der Waals surface area contributed by atoms with Crippen LogP contribution < -0.4 is 20.5 Å². The van der Waals surface area contributed by atoms with Gasteiger partial charge in [0, 0.05) is 49.4 Å². The quantitative estimate of drug-likeness (QED) is 0.346. The van der Waals surface area contributed by atoms with Gasteiger partial charge in [0.1, 0.15) is 23.1 Å². The number of pyridine rings is 1. The molecule has 2 aromatic carbocycles. The van der Waals surface area contributed by atoms with Gasteiger partial charge in [-0.3, -0.25) is 9.69 Å². The molecule has 4 atom stereocenters. The summed E-state index contributed by atoms with van der Waals surface area (Å²) in [5.74, 6) is 0.836. The SMILES string of the molecule is COc1nc(N2CC3CCC(C2)N3)c2c(=O)n(C3CC3)c(-c3cc(O)cc4ccccc34)cc2n1.FC1CC2CCCN2C1. The fraction of sp³-hybridized carbons (Fsp3) is 0.500. The second kappa shape index (κ2) is 11.0. The van der Waals surface area contributed by atoms with Crippen LogP contribution in [0, 0.1) is 0 Å². The second-order valence-corrected chi connectivity index (χ2v) is 13.1. The highest BCUT2D eigenvalue weighted by Gasteiger charge is 2.36. The van der Waals surface area contributed by atoms with Crippen LogP contribution in [0.4, 0.5) is 10.2 Å². The van der Waals surface area contributed by atoms with E-state index >= 15 is 0 Å². The molecule has 4 aromatic rings. The van der Waals surface area contributed by atoms with Crippen LogP contribution >= 0.6 is 0 Å². The molecule has 9 rings (SSSR count). The first-order valence-electron chi connectivity index (χ1n) is 16.1. The number of phenolic OH excluding ortho intramolecular Hbond substituents is 1. The largest absolute Gasteiger partial charge is 0.508 e. The minimum Gasteiger partial charge on any atom is -0.508 e. The van der Waals surface area contributed by atoms with Crippen LogP contribution in [-0.2, 0) is 0 Å². The Bertz CT molecular complexity index is 1770. The Labute approximate surface area is 255 Å². The van der Waals surface area contributed by atoms with Crippen molar-refractivity contribution in [3.63, 3.8) is 0 Å². The molecule has 5 fully saturated rings. The Morgan fingerprint density at radius 2 is 1.77 bits per heavy atom. The molecule has 0 spiro atoms. The molecule has 4 aliphatic heterocycles. The van der Waals surface area contributed by atoms with Crippen molar-refractivity contribution in [3.05, 3.63) is 52.8 Å². The topological polar surface area (TPSA) is 95.8 Å². The maximum Gasteiger partial charge on any atom is 0.318 e. The van der Waals surface area contributed by atoms with Crippen molar-refractivity contribution in [2.75, 3.05) is 38.2 Å². The number of fused-ring (bicyclic) bond motifs is 5. The summed E-state index contributed by atoms with van der Waals surface area (Å²) in [5.41, 5.74) is 2.09. The minimum atomic E-state index is -0.518. The summed E-state index contributed by atoms with van der Waals surface area (Å²) < 4.78 is 20.0. The van der Waals surface area contributed by atoms with Crippen LogP contribution in [0.15, 0.2) is 47.3 Å². The van der Waals surface area contributed by atoms with Gasteiger partial charge in [-0.05, 0) is 80.5 Å². The smallest absolute Gasteiger partial charge is 0.318 e. The van der Waals surface area contributed by atoms with Gasteiger partial charge in [0.05, 0.1) is 18.3 Å². The first-order valence-corrected chi connectivity index (χ1v) is 16.1. The summed E-state index contributed by atoms with van der Waals surface area (Å²) in [6.07, 6.45) is 7.01. The number of phenols is 1. The van der Waals surface area contributed by atoms with Crippen molar-refractivity contribution in [1.82, 2.24) is 24.8 Å². The number of halogens is 1. The summed E-state index contributed by atoms with van der Waals surface area (Å²) >= 11 is 0. The van der Waals surface area contributed by atoms with Gasteiger partial charge in [-0.2, -0.15) is 9.97 Å². The Balaban J connectivity index is 0.000000274. The molecule has 9 nitrogen and oxygen atoms in total. The number of methoxy groups -OCH3 is 1. The lowest BCUT2D eigenvalue weighted by Crippen LogP contribution is -2.51. The molecular formula is C34H39FN6O3. The Morgan fingerprint density at radius 1 is 0.977 bits per heavy atom. The number of hydrogen-bond donors (Lipinski definition) is 2. The summed E-state index contributed by atoms with van der Waals surface area (Å²) in [7, 11) is 1.56. The number of nitrogens with one attached hydrogen (secondary N) is 1. The van der Waals surface area contributed by atoms with E-state index in [-0.39, 0.29) is 23.4 Å². The molecule has 4 unspecified atom stereocenters. The van der Waals surface area contributed by atoms with E-state index in [9.17, 15) is 14.3 Å². The highest BCUT2D eigenvalue weighted by atomic mass is 19.1. The number of ether oxygens (including phenoxy) is 1. The number of anilines is 1. The lowest BCUT2D eigenvalue weighted by Gasteiger charge is -2.34. The number of alkyl halides is 1. The Morgan fingerprint density at radius 3 is 2.52 bits per heavy atom. The van der Waals surface area contributed by atoms with Crippen LogP contribution in [0.5, 0.6) is 11.8 Å². The van der Waals surface area contributed by atoms with Crippen LogP contribution in [0.2, 0.25) is 0 Å². The number of aromatic nitrogens is 3. The molecule has 4 saturated heterocycles. The lowest BCUT2D eigenvalue weighted by molar-refractivity contribution is 0.292. The number of aromatic hydroxyl groups is 1. The van der Waals surface area contributed by atoms with Crippen LogP contribution in [0.3, 0.4) is 0 Å². The van der Waals surface area contributed by atoms with Crippen molar-refractivity contribution in [1.29, 1.82) is 0 Å². The summed E-state index contributed by atoms with van der Waals surface area (Å²) in [5, 5.41) is 16.6. The molecule has 1 aliphatic carbocycles. The maximum atomic E-state index is 14.2. The predicted molar refractivity (Wildman–Crippen MR) is 169 cm³/mol. The standard InChI is InChI=1S/C27H27N5O3.C7H12FN/c1-35-27-29-22-12-23(21-11-19(33)10-15-4-2-3-5-20(15)21)32(18-8-9-18)26(34)24(22)25(30-27)31-13-16-6-7-17(14-31)28-16;8-6-4-7-2-1-3-9(7)5-6/h2-5,10-12,16-18,28,33H,6-9,13-14H2,1H3;6-7H,1-5H2. The number of rotatable bonds is 4. The number of piperazine rings is 1. The van der Waals surface area contributed by atoms with E-state index in [4.69, 9.17) is 9.72 Å². The predicted octanol–water partition coefficient (Wildman–Crippen LogP) is 4.79. The molecule has 2 aromatic heterocycles. The zero-order valence-corrected chi connectivity index (χ0v) is 25.1. The van der Waals surface area contributed by atoms with E-state index < -0.39 is 6.17 Å². The van der Waals surface area contributed by atoms with Crippen molar-refractivity contribution < 1.29 is 14.2 Å². The minimum absolute atomic E-state index is 0.0732. The van der Waals surface area contributed by atoms with E-state index in [1.807, 2.05) is 34.9 Å². The average Bonchev–Trinajstić information content (AvgIpc) is 3.53. The van der Waals surface area contributed by atoms with Crippen molar-refractivity contribution >= 4 is 27.5 Å². The third-order valence-corrected chi connectivity index (χ3v) is 10.1. The van der Waals surface area contributed by atoms with E-state index in [1.54, 1.807) is 19.2 Å². The first-order chi connectivity index (χ1) is 21.4. The maximum absolute atomic E-state index is 14.2. The Hall–Kier alpha value is -3.76. The van der Waals surface area contributed by atoms with Crippen LogP contribution in [0.25, 0.3) is 32.9 Å². The van der Waals surface area contributed by atoms with Gasteiger partial charge in [0.25, 0.3) is 5.56 Å². The lowest BCUT2D eigenvalue weighted by atomic mass is 10.00. The molecule has 5 aliphatic rings. The average molecular weight is 599 g/mol. The zero-order chi connectivity index (χ0) is 29.9. The highest BCUT2D eigenvalue weighted by molar-refractivity contribution is 5.99. The van der Waals surface area contributed by atoms with Gasteiger partial charge in [0.15, 0.2) is 0 Å². The molecule has 6 heterocycles. The van der Waals surface area contributed by atoms with Crippen molar-refractivity contribution in [2.45, 2.75) is 75.3 Å². The highest BCUT2D eigenvalue weighted by Crippen LogP contribution is 2.41. The van der Waals surface area contributed by atoms with Gasteiger partial charge in [0.2, 0.25) is 0 Å². The number of benzene rings is 2. The molecule has 0 amide bonds. The molecule has 0 radical (unpaired) electrons. The molecule has 2 N–H and O–H groups in total. The second-order valence-electron chi connectivity index (χ2n) is 13.1. The fourth-order valence-corrected chi connectivity index (χ4v) is 7.91. The van der Waals surface area contributed by atoms with Crippen LogP contribution in [-0.4, -0.2) is 82.1 Å². The molecule has 44 heavy (non-hydrogen) atoms. The van der Waals surface area contributed by atoms with E-state index in [2.05, 4.69) is 20.1 Å². The molecular weight excluding hydrogens is 559 g/mol. The summed E-state index contributed by atoms with van der Waals surface area (Å²) in [6.45, 7) is 3.48. The van der Waals surface area contributed by atoms with Gasteiger partial charge < -0.3 is 24.6 Å². The van der Waals surface area contributed by atoms with Gasteiger partial charge in [-0.25, -0.2) is 4.39 Å². The van der Waals surface area contributed by atoms with Gasteiger partial charge >= 0.3 is 6.01 Å². The molecule has 2 bridgehead atoms. The number of nitrogens with zero attached hydrogens (tertiary/aromatic N) is 5. The van der Waals surface area contributed by atoms with Crippen molar-refractivity contribution in [2.24, 2.45) is 0 Å². The van der Waals surface area contributed by atoms with Crippen molar-refractivity contribution in [3.8, 4) is 23.0 Å². The first kappa shape index (κ1) is 27.8. The molecule has 1 saturated carbocycles.